The van der Waals surface area contributed by atoms with Gasteiger partial charge in [-0.05, 0) is 77.0 Å². The van der Waals surface area contributed by atoms with Crippen LogP contribution in [0.5, 0.6) is 0 Å². The largest absolute Gasteiger partial charge is 0.466 e. The summed E-state index contributed by atoms with van der Waals surface area (Å²) in [6.45, 7) is 4.99. The number of aliphatic hydroxyl groups excluding tert-OH is 2. The molecule has 0 heterocycles. The number of hydrogen-bond donors (Lipinski definition) is 3. The van der Waals surface area contributed by atoms with Gasteiger partial charge in [-0.1, -0.05) is 359 Å². The molecule has 1 amide bonds. The smallest absolute Gasteiger partial charge is 0.305 e. The molecule has 0 bridgehead atoms. The minimum Gasteiger partial charge on any atom is -0.466 e. The maximum atomic E-state index is 12.5. The Morgan fingerprint density at radius 2 is 0.573 bits per heavy atom. The van der Waals surface area contributed by atoms with E-state index in [1.165, 1.54) is 347 Å². The summed E-state index contributed by atoms with van der Waals surface area (Å²) < 4.78 is 5.50. The quantitative estimate of drug-likeness (QED) is 0.0320. The zero-order valence-electron chi connectivity index (χ0n) is 55.8. The van der Waals surface area contributed by atoms with Crippen LogP contribution in [0.4, 0.5) is 0 Å². The lowest BCUT2D eigenvalue weighted by Crippen LogP contribution is -2.45. The van der Waals surface area contributed by atoms with Crippen LogP contribution in [0.3, 0.4) is 0 Å². The molecule has 0 aromatic carbocycles. The van der Waals surface area contributed by atoms with E-state index >= 15 is 0 Å². The van der Waals surface area contributed by atoms with Gasteiger partial charge in [-0.25, -0.2) is 0 Å². The first-order valence-corrected chi connectivity index (χ1v) is 37.6. The molecule has 0 aromatic rings. The molecule has 0 spiro atoms. The van der Waals surface area contributed by atoms with Gasteiger partial charge in [0.25, 0.3) is 0 Å². The Hall–Kier alpha value is -1.66. The van der Waals surface area contributed by atoms with Gasteiger partial charge < -0.3 is 20.3 Å². The summed E-state index contributed by atoms with van der Waals surface area (Å²) in [6.07, 6.45) is 91.0. The number of carbonyl (C=O) groups excluding carboxylic acids is 2. The highest BCUT2D eigenvalue weighted by atomic mass is 16.5. The number of amides is 1. The first-order valence-electron chi connectivity index (χ1n) is 37.6. The third kappa shape index (κ3) is 67.5. The number of unbranched alkanes of at least 4 members (excludes halogenated alkanes) is 56. The highest BCUT2D eigenvalue weighted by molar-refractivity contribution is 5.76. The Balaban J connectivity index is 3.35. The van der Waals surface area contributed by atoms with E-state index in [9.17, 15) is 19.8 Å². The molecule has 0 aromatic heterocycles. The van der Waals surface area contributed by atoms with Crippen molar-refractivity contribution in [3.8, 4) is 0 Å². The molecule has 0 saturated carbocycles. The summed E-state index contributed by atoms with van der Waals surface area (Å²) in [5.41, 5.74) is 0. The van der Waals surface area contributed by atoms with Gasteiger partial charge in [0.1, 0.15) is 0 Å². The Morgan fingerprint density at radius 1 is 0.329 bits per heavy atom. The maximum absolute atomic E-state index is 12.5. The average Bonchev–Trinajstić information content (AvgIpc) is 3.48. The van der Waals surface area contributed by atoms with Crippen molar-refractivity contribution < 1.29 is 24.5 Å². The first-order chi connectivity index (χ1) is 40.5. The predicted octanol–water partition coefficient (Wildman–Crippen LogP) is 24.5. The van der Waals surface area contributed by atoms with Crippen LogP contribution in [0.15, 0.2) is 24.3 Å². The van der Waals surface area contributed by atoms with E-state index in [2.05, 4.69) is 43.5 Å². The van der Waals surface area contributed by atoms with E-state index in [-0.39, 0.29) is 18.5 Å². The molecule has 0 aliphatic rings. The van der Waals surface area contributed by atoms with E-state index in [0.29, 0.717) is 25.9 Å². The molecule has 0 radical (unpaired) electrons. The van der Waals surface area contributed by atoms with Crippen LogP contribution < -0.4 is 5.32 Å². The van der Waals surface area contributed by atoms with Gasteiger partial charge in [0.2, 0.25) is 5.91 Å². The minimum atomic E-state index is -0.663. The third-order valence-corrected chi connectivity index (χ3v) is 17.7. The van der Waals surface area contributed by atoms with Crippen LogP contribution >= 0.6 is 0 Å². The van der Waals surface area contributed by atoms with Crippen LogP contribution in [0.25, 0.3) is 0 Å². The fraction of sp³-hybridized carbons (Fsp3) is 0.921. The average molecular weight is 1160 g/mol. The summed E-state index contributed by atoms with van der Waals surface area (Å²) in [5, 5.41) is 23.4. The highest BCUT2D eigenvalue weighted by Gasteiger charge is 2.20. The van der Waals surface area contributed by atoms with Crippen molar-refractivity contribution >= 4 is 11.9 Å². The van der Waals surface area contributed by atoms with Gasteiger partial charge in [-0.3, -0.25) is 9.59 Å². The minimum absolute atomic E-state index is 0.0152. The molecule has 82 heavy (non-hydrogen) atoms. The normalized spacial score (nSPS) is 12.6. The van der Waals surface area contributed by atoms with Crippen LogP contribution in [-0.2, 0) is 14.3 Å². The summed E-state index contributed by atoms with van der Waals surface area (Å²) in [6, 6.07) is -0.540. The highest BCUT2D eigenvalue weighted by Crippen LogP contribution is 2.19. The molecule has 0 saturated heterocycles. The number of allylic oxidation sites excluding steroid dienone is 4. The van der Waals surface area contributed by atoms with Crippen molar-refractivity contribution in [3.63, 3.8) is 0 Å². The van der Waals surface area contributed by atoms with E-state index < -0.39 is 12.1 Å². The Labute approximate surface area is 513 Å². The number of hydrogen-bond acceptors (Lipinski definition) is 5. The Kier molecular flexibility index (Phi) is 70.4. The second kappa shape index (κ2) is 71.8. The van der Waals surface area contributed by atoms with Crippen molar-refractivity contribution in [2.75, 3.05) is 13.2 Å². The van der Waals surface area contributed by atoms with E-state index in [1.54, 1.807) is 0 Å². The molecule has 0 fully saturated rings. The molecule has 3 N–H and O–H groups in total. The van der Waals surface area contributed by atoms with Gasteiger partial charge in [0, 0.05) is 12.8 Å². The van der Waals surface area contributed by atoms with Crippen molar-refractivity contribution in [1.29, 1.82) is 0 Å². The Morgan fingerprint density at radius 3 is 0.866 bits per heavy atom. The number of ether oxygens (including phenoxy) is 1. The summed E-state index contributed by atoms with van der Waals surface area (Å²) in [4.78, 5) is 24.6. The first kappa shape index (κ1) is 80.3. The van der Waals surface area contributed by atoms with Gasteiger partial charge in [0.05, 0.1) is 25.4 Å². The molecule has 2 atom stereocenters. The number of rotatable bonds is 71. The molecular weight excluding hydrogens is 1010 g/mol. The number of esters is 1. The van der Waals surface area contributed by atoms with Crippen LogP contribution in [0.2, 0.25) is 0 Å². The molecule has 6 nitrogen and oxygen atoms in total. The molecule has 0 aliphatic heterocycles. The summed E-state index contributed by atoms with van der Waals surface area (Å²) >= 11 is 0. The van der Waals surface area contributed by atoms with Crippen molar-refractivity contribution in [2.24, 2.45) is 0 Å². The van der Waals surface area contributed by atoms with Crippen LogP contribution in [0.1, 0.15) is 425 Å². The predicted molar refractivity (Wildman–Crippen MR) is 361 cm³/mol. The van der Waals surface area contributed by atoms with Gasteiger partial charge in [0.15, 0.2) is 0 Å². The number of aliphatic hydroxyl groups is 2. The third-order valence-electron chi connectivity index (χ3n) is 17.7. The lowest BCUT2D eigenvalue weighted by Gasteiger charge is -2.22. The van der Waals surface area contributed by atoms with Gasteiger partial charge in [-0.15, -0.1) is 0 Å². The summed E-state index contributed by atoms with van der Waals surface area (Å²) in [7, 11) is 0. The lowest BCUT2D eigenvalue weighted by atomic mass is 10.0. The van der Waals surface area contributed by atoms with Crippen molar-refractivity contribution in [1.82, 2.24) is 5.32 Å². The zero-order chi connectivity index (χ0) is 59.2. The number of carbonyl (C=O) groups is 2. The second-order valence-corrected chi connectivity index (χ2v) is 26.0. The van der Waals surface area contributed by atoms with Gasteiger partial charge >= 0.3 is 5.97 Å². The van der Waals surface area contributed by atoms with Gasteiger partial charge in [-0.2, -0.15) is 0 Å². The molecular formula is C76H147NO5. The zero-order valence-corrected chi connectivity index (χ0v) is 55.8. The second-order valence-electron chi connectivity index (χ2n) is 26.0. The topological polar surface area (TPSA) is 95.9 Å². The fourth-order valence-electron chi connectivity index (χ4n) is 12.0. The van der Waals surface area contributed by atoms with Crippen LogP contribution in [-0.4, -0.2) is 47.4 Å². The van der Waals surface area contributed by atoms with Crippen LogP contribution in [0, 0.1) is 0 Å². The van der Waals surface area contributed by atoms with E-state index in [0.717, 1.165) is 44.9 Å². The molecule has 0 aliphatic carbocycles. The van der Waals surface area contributed by atoms with Crippen molar-refractivity contribution in [2.45, 2.75) is 437 Å². The van der Waals surface area contributed by atoms with E-state index in [4.69, 9.17) is 4.74 Å². The lowest BCUT2D eigenvalue weighted by molar-refractivity contribution is -0.143. The molecule has 2 unspecified atom stereocenters. The summed E-state index contributed by atoms with van der Waals surface area (Å²) in [5.74, 6) is -0.0137. The molecule has 486 valence electrons. The SMILES string of the molecule is CCCCCCCC/C=C\CCCCCCCCCC(=O)OCCCCCCCCCCCCCC/C=C\CCCCCCCCCCCCCCCCCC(=O)NC(CO)C(O)CCCCCCCCCCCCCCCCCCC. The van der Waals surface area contributed by atoms with Crippen molar-refractivity contribution in [3.05, 3.63) is 24.3 Å². The number of nitrogens with one attached hydrogen (secondary N) is 1. The molecule has 0 rings (SSSR count). The monoisotopic (exact) mass is 1150 g/mol. The maximum Gasteiger partial charge on any atom is 0.305 e. The fourth-order valence-corrected chi connectivity index (χ4v) is 12.0. The standard InChI is InChI=1S/C76H147NO5/c1-3-5-7-9-11-13-15-17-19-36-40-44-48-52-56-60-64-68-74(79)73(72-78)77-75(80)69-65-61-57-53-49-45-41-38-34-32-30-28-26-24-22-21-23-25-27-29-31-33-35-39-43-47-51-55-59-63-67-71-82-76(81)70-66-62-58-54-50-46-42-37-20-18-16-14-12-10-8-6-4-2/h18,20,23,25,73-74,78-79H,3-17,19,21-22,24,26-72H2,1-2H3,(H,77,80)/b20-18-,25-23-. The van der Waals surface area contributed by atoms with E-state index in [1.807, 2.05) is 0 Å². The molecule has 6 heteroatoms. The Bertz CT molecular complexity index is 1280.